The molecule has 0 amide bonds. The van der Waals surface area contributed by atoms with E-state index in [9.17, 15) is 9.50 Å². The maximum absolute atomic E-state index is 13.7. The minimum absolute atomic E-state index is 0.171. The normalized spacial score (nSPS) is 20.0. The van der Waals surface area contributed by atoms with Gasteiger partial charge in [0.25, 0.3) is 0 Å². The molecular formula is C14H20FNO3. The Morgan fingerprint density at radius 1 is 1.47 bits per heavy atom. The quantitative estimate of drug-likeness (QED) is 0.872. The molecule has 1 aromatic rings. The highest BCUT2D eigenvalue weighted by atomic mass is 19.1. The number of hydrogen-bond donors (Lipinski definition) is 2. The summed E-state index contributed by atoms with van der Waals surface area (Å²) in [7, 11) is 1.41. The number of methoxy groups -OCH3 is 1. The molecule has 1 fully saturated rings. The molecule has 1 unspecified atom stereocenters. The minimum atomic E-state index is -0.790. The van der Waals surface area contributed by atoms with Crippen molar-refractivity contribution < 1.29 is 19.0 Å². The summed E-state index contributed by atoms with van der Waals surface area (Å²) in [4.78, 5) is 0. The summed E-state index contributed by atoms with van der Waals surface area (Å²) >= 11 is 0. The fraction of sp³-hybridized carbons (Fsp3) is 0.571. The number of benzene rings is 1. The van der Waals surface area contributed by atoms with Crippen LogP contribution in [-0.2, 0) is 4.74 Å². The van der Waals surface area contributed by atoms with Gasteiger partial charge in [0.2, 0.25) is 0 Å². The summed E-state index contributed by atoms with van der Waals surface area (Å²) in [6.07, 6.45) is 0.568. The average molecular weight is 269 g/mol. The molecule has 1 aliphatic heterocycles. The van der Waals surface area contributed by atoms with Crippen molar-refractivity contribution in [3.8, 4) is 5.75 Å². The number of halogens is 1. The van der Waals surface area contributed by atoms with Crippen LogP contribution in [0.2, 0.25) is 0 Å². The van der Waals surface area contributed by atoms with Crippen LogP contribution in [0.25, 0.3) is 0 Å². The Bertz CT molecular complexity index is 433. The Kier molecular flexibility index (Phi) is 4.39. The van der Waals surface area contributed by atoms with Crippen molar-refractivity contribution in [2.75, 3.05) is 26.9 Å². The molecule has 19 heavy (non-hydrogen) atoms. The van der Waals surface area contributed by atoms with Crippen LogP contribution in [-0.4, -0.2) is 32.0 Å². The second-order valence-electron chi connectivity index (χ2n) is 4.98. The van der Waals surface area contributed by atoms with Gasteiger partial charge in [-0.05, 0) is 30.5 Å². The van der Waals surface area contributed by atoms with Crippen LogP contribution in [0.1, 0.15) is 24.5 Å². The SMILES string of the molecule is COc1ccc(C(O)C2(CN)CCOCC2)cc1F. The van der Waals surface area contributed by atoms with Crippen LogP contribution < -0.4 is 10.5 Å². The van der Waals surface area contributed by atoms with Crippen molar-refractivity contribution in [3.63, 3.8) is 0 Å². The summed E-state index contributed by atoms with van der Waals surface area (Å²) in [5.41, 5.74) is 5.94. The molecule has 2 rings (SSSR count). The van der Waals surface area contributed by atoms with Crippen molar-refractivity contribution >= 4 is 0 Å². The molecule has 3 N–H and O–H groups in total. The monoisotopic (exact) mass is 269 g/mol. The van der Waals surface area contributed by atoms with Gasteiger partial charge in [0.1, 0.15) is 0 Å². The van der Waals surface area contributed by atoms with Crippen LogP contribution in [0.5, 0.6) is 5.75 Å². The van der Waals surface area contributed by atoms with Gasteiger partial charge in [0, 0.05) is 25.2 Å². The van der Waals surface area contributed by atoms with E-state index in [1.165, 1.54) is 19.2 Å². The molecule has 1 heterocycles. The predicted molar refractivity (Wildman–Crippen MR) is 69.5 cm³/mol. The van der Waals surface area contributed by atoms with Crippen molar-refractivity contribution in [2.45, 2.75) is 18.9 Å². The van der Waals surface area contributed by atoms with Gasteiger partial charge in [-0.25, -0.2) is 4.39 Å². The Balaban J connectivity index is 2.26. The first-order valence-electron chi connectivity index (χ1n) is 6.42. The van der Waals surface area contributed by atoms with Gasteiger partial charge >= 0.3 is 0 Å². The lowest BCUT2D eigenvalue weighted by Gasteiger charge is -2.40. The van der Waals surface area contributed by atoms with Gasteiger partial charge in [-0.15, -0.1) is 0 Å². The molecule has 0 bridgehead atoms. The molecule has 5 heteroatoms. The topological polar surface area (TPSA) is 64.7 Å². The molecule has 0 saturated carbocycles. The standard InChI is InChI=1S/C14H20FNO3/c1-18-12-3-2-10(8-11(12)15)13(17)14(9-16)4-6-19-7-5-14/h2-3,8,13,17H,4-7,9,16H2,1H3. The van der Waals surface area contributed by atoms with Crippen LogP contribution >= 0.6 is 0 Å². The van der Waals surface area contributed by atoms with E-state index in [0.717, 1.165) is 0 Å². The average Bonchev–Trinajstić information content (AvgIpc) is 2.47. The van der Waals surface area contributed by atoms with Gasteiger partial charge in [0.05, 0.1) is 13.2 Å². The van der Waals surface area contributed by atoms with E-state index in [0.29, 0.717) is 38.2 Å². The fourth-order valence-electron chi connectivity index (χ4n) is 2.57. The first-order valence-corrected chi connectivity index (χ1v) is 6.42. The summed E-state index contributed by atoms with van der Waals surface area (Å²) in [5, 5.41) is 10.5. The lowest BCUT2D eigenvalue weighted by Crippen LogP contribution is -2.41. The smallest absolute Gasteiger partial charge is 0.165 e. The maximum atomic E-state index is 13.7. The van der Waals surface area contributed by atoms with Crippen LogP contribution in [0.15, 0.2) is 18.2 Å². The van der Waals surface area contributed by atoms with E-state index in [1.807, 2.05) is 0 Å². The van der Waals surface area contributed by atoms with E-state index in [-0.39, 0.29) is 5.75 Å². The lowest BCUT2D eigenvalue weighted by atomic mass is 9.73. The molecule has 106 valence electrons. The van der Waals surface area contributed by atoms with Crippen molar-refractivity contribution in [1.82, 2.24) is 0 Å². The maximum Gasteiger partial charge on any atom is 0.165 e. The third-order valence-electron chi connectivity index (χ3n) is 3.97. The molecule has 0 spiro atoms. The van der Waals surface area contributed by atoms with E-state index in [1.54, 1.807) is 6.07 Å². The van der Waals surface area contributed by atoms with Gasteiger partial charge in [-0.1, -0.05) is 6.07 Å². The van der Waals surface area contributed by atoms with Crippen molar-refractivity contribution in [3.05, 3.63) is 29.6 Å². The zero-order valence-corrected chi connectivity index (χ0v) is 11.1. The van der Waals surface area contributed by atoms with Crippen LogP contribution in [0, 0.1) is 11.2 Å². The number of ether oxygens (including phenoxy) is 2. The summed E-state index contributed by atoms with van der Waals surface area (Å²) in [5.74, 6) is -0.303. The van der Waals surface area contributed by atoms with Gasteiger partial charge in [0.15, 0.2) is 11.6 Å². The van der Waals surface area contributed by atoms with Crippen LogP contribution in [0.3, 0.4) is 0 Å². The molecule has 4 nitrogen and oxygen atoms in total. The highest BCUT2D eigenvalue weighted by Gasteiger charge is 2.39. The van der Waals surface area contributed by atoms with Crippen LogP contribution in [0.4, 0.5) is 4.39 Å². The zero-order chi connectivity index (χ0) is 13.9. The van der Waals surface area contributed by atoms with Crippen molar-refractivity contribution in [2.24, 2.45) is 11.1 Å². The summed E-state index contributed by atoms with van der Waals surface area (Å²) in [6, 6.07) is 4.52. The summed E-state index contributed by atoms with van der Waals surface area (Å²) in [6.45, 7) is 1.50. The second kappa shape index (κ2) is 5.86. The molecule has 0 radical (unpaired) electrons. The number of aliphatic hydroxyl groups is 1. The predicted octanol–water partition coefficient (Wildman–Crippen LogP) is 1.62. The van der Waals surface area contributed by atoms with E-state index >= 15 is 0 Å². The largest absolute Gasteiger partial charge is 0.494 e. The molecule has 1 aromatic carbocycles. The zero-order valence-electron chi connectivity index (χ0n) is 11.1. The molecule has 1 saturated heterocycles. The summed E-state index contributed by atoms with van der Waals surface area (Å²) < 4.78 is 23.9. The van der Waals surface area contributed by atoms with E-state index in [2.05, 4.69) is 0 Å². The van der Waals surface area contributed by atoms with Gasteiger partial charge < -0.3 is 20.3 Å². The Hall–Kier alpha value is -1.17. The Morgan fingerprint density at radius 3 is 2.68 bits per heavy atom. The van der Waals surface area contributed by atoms with Gasteiger partial charge in [-0.3, -0.25) is 0 Å². The van der Waals surface area contributed by atoms with E-state index < -0.39 is 17.3 Å². The first-order chi connectivity index (χ1) is 9.13. The number of rotatable bonds is 4. The third kappa shape index (κ3) is 2.73. The van der Waals surface area contributed by atoms with Gasteiger partial charge in [-0.2, -0.15) is 0 Å². The molecule has 0 aromatic heterocycles. The number of nitrogens with two attached hydrogens (primary N) is 1. The highest BCUT2D eigenvalue weighted by Crippen LogP contribution is 2.42. The second-order valence-corrected chi connectivity index (χ2v) is 4.98. The Morgan fingerprint density at radius 2 is 2.16 bits per heavy atom. The highest BCUT2D eigenvalue weighted by molar-refractivity contribution is 5.31. The molecule has 1 atom stereocenters. The van der Waals surface area contributed by atoms with Crippen molar-refractivity contribution in [1.29, 1.82) is 0 Å². The molecule has 0 aliphatic carbocycles. The number of hydrogen-bond acceptors (Lipinski definition) is 4. The van der Waals surface area contributed by atoms with E-state index in [4.69, 9.17) is 15.2 Å². The third-order valence-corrected chi connectivity index (χ3v) is 3.97. The fourth-order valence-corrected chi connectivity index (χ4v) is 2.57. The number of aliphatic hydroxyl groups excluding tert-OH is 1. The minimum Gasteiger partial charge on any atom is -0.494 e. The molecule has 1 aliphatic rings. The Labute approximate surface area is 112 Å². The molecular weight excluding hydrogens is 249 g/mol. The first kappa shape index (κ1) is 14.2. The lowest BCUT2D eigenvalue weighted by molar-refractivity contribution is -0.0582.